The number of benzene rings is 1. The Kier molecular flexibility index (Phi) is 4.66. The molecule has 1 N–H and O–H groups in total. The summed E-state index contributed by atoms with van der Waals surface area (Å²) in [7, 11) is 0. The normalized spacial score (nSPS) is 10.8. The van der Waals surface area contributed by atoms with E-state index in [0.29, 0.717) is 16.7 Å². The van der Waals surface area contributed by atoms with Crippen LogP contribution >= 0.6 is 11.8 Å². The first-order chi connectivity index (χ1) is 11.5. The Morgan fingerprint density at radius 3 is 2.75 bits per heavy atom. The van der Waals surface area contributed by atoms with E-state index in [2.05, 4.69) is 20.7 Å². The molecule has 0 saturated carbocycles. The molecule has 0 saturated heterocycles. The Bertz CT molecular complexity index is 871. The zero-order valence-corrected chi connectivity index (χ0v) is 14.4. The Morgan fingerprint density at radius 1 is 1.25 bits per heavy atom. The molecule has 0 bridgehead atoms. The fourth-order valence-electron chi connectivity index (χ4n) is 2.25. The van der Waals surface area contributed by atoms with Gasteiger partial charge in [-0.15, -0.1) is 10.2 Å². The number of hydrogen-bond donors (Lipinski definition) is 1. The number of carbonyl (C=O) groups is 1. The minimum absolute atomic E-state index is 0.187. The van der Waals surface area contributed by atoms with Gasteiger partial charge in [0, 0.05) is 6.07 Å². The van der Waals surface area contributed by atoms with Crippen molar-refractivity contribution in [3.05, 3.63) is 47.4 Å². The topological polar surface area (TPSA) is 85.8 Å². The summed E-state index contributed by atoms with van der Waals surface area (Å²) in [5, 5.41) is 15.4. The lowest BCUT2D eigenvalue weighted by Gasteiger charge is -2.10. The molecule has 3 aromatic rings. The minimum Gasteiger partial charge on any atom is -0.338 e. The van der Waals surface area contributed by atoms with Crippen LogP contribution in [-0.2, 0) is 4.79 Å². The van der Waals surface area contributed by atoms with E-state index in [4.69, 9.17) is 4.52 Å². The van der Waals surface area contributed by atoms with Crippen molar-refractivity contribution in [3.8, 4) is 5.69 Å². The van der Waals surface area contributed by atoms with Crippen molar-refractivity contribution in [1.29, 1.82) is 0 Å². The van der Waals surface area contributed by atoms with Crippen LogP contribution in [0.1, 0.15) is 17.1 Å². The summed E-state index contributed by atoms with van der Waals surface area (Å²) in [6, 6.07) is 9.66. The lowest BCUT2D eigenvalue weighted by molar-refractivity contribution is -0.113. The van der Waals surface area contributed by atoms with Gasteiger partial charge in [-0.1, -0.05) is 35.1 Å². The maximum Gasteiger partial charge on any atom is 0.237 e. The third-order valence-electron chi connectivity index (χ3n) is 3.37. The molecule has 3 rings (SSSR count). The average Bonchev–Trinajstić information content (AvgIpc) is 3.12. The molecule has 2 aromatic heterocycles. The summed E-state index contributed by atoms with van der Waals surface area (Å²) in [4.78, 5) is 12.0. The van der Waals surface area contributed by atoms with E-state index < -0.39 is 0 Å². The van der Waals surface area contributed by atoms with Crippen LogP contribution in [-0.4, -0.2) is 31.6 Å². The number of thioether (sulfide) groups is 1. The molecule has 0 aliphatic carbocycles. The van der Waals surface area contributed by atoms with E-state index in [-0.39, 0.29) is 11.7 Å². The molecule has 2 heterocycles. The molecule has 0 aliphatic heterocycles. The van der Waals surface area contributed by atoms with Crippen LogP contribution in [0.25, 0.3) is 5.69 Å². The van der Waals surface area contributed by atoms with E-state index in [0.717, 1.165) is 17.1 Å². The molecular weight excluding hydrogens is 326 g/mol. The van der Waals surface area contributed by atoms with Gasteiger partial charge in [-0.05, 0) is 32.4 Å². The van der Waals surface area contributed by atoms with E-state index in [1.807, 2.05) is 42.7 Å². The van der Waals surface area contributed by atoms with Crippen LogP contribution in [0.2, 0.25) is 0 Å². The smallest absolute Gasteiger partial charge is 0.237 e. The molecule has 1 aromatic carbocycles. The summed E-state index contributed by atoms with van der Waals surface area (Å²) in [6.07, 6.45) is 0. The first kappa shape index (κ1) is 16.3. The zero-order valence-electron chi connectivity index (χ0n) is 13.6. The van der Waals surface area contributed by atoms with Gasteiger partial charge in [-0.25, -0.2) is 0 Å². The molecule has 0 radical (unpaired) electrons. The number of rotatable bonds is 5. The van der Waals surface area contributed by atoms with Gasteiger partial charge >= 0.3 is 0 Å². The van der Waals surface area contributed by atoms with E-state index in [1.54, 1.807) is 13.0 Å². The summed E-state index contributed by atoms with van der Waals surface area (Å²) >= 11 is 1.32. The van der Waals surface area contributed by atoms with Crippen LogP contribution in [0.4, 0.5) is 5.88 Å². The maximum atomic E-state index is 12.0. The van der Waals surface area contributed by atoms with Gasteiger partial charge < -0.3 is 4.52 Å². The van der Waals surface area contributed by atoms with Crippen molar-refractivity contribution >= 4 is 23.6 Å². The number of carbonyl (C=O) groups excluding carboxylic acids is 1. The van der Waals surface area contributed by atoms with Crippen molar-refractivity contribution < 1.29 is 9.32 Å². The number of nitrogens with zero attached hydrogens (tertiary/aromatic N) is 4. The number of amides is 1. The molecule has 0 spiro atoms. The number of aromatic nitrogens is 4. The second-order valence-corrected chi connectivity index (χ2v) is 6.26. The summed E-state index contributed by atoms with van der Waals surface area (Å²) in [5.41, 5.74) is 2.84. The maximum absolute atomic E-state index is 12.0. The Balaban J connectivity index is 1.72. The molecule has 0 atom stereocenters. The molecule has 0 unspecified atom stereocenters. The quantitative estimate of drug-likeness (QED) is 0.717. The highest BCUT2D eigenvalue weighted by Crippen LogP contribution is 2.24. The highest BCUT2D eigenvalue weighted by molar-refractivity contribution is 7.99. The molecule has 124 valence electrons. The Morgan fingerprint density at radius 2 is 2.04 bits per heavy atom. The van der Waals surface area contributed by atoms with Gasteiger partial charge in [0.2, 0.25) is 11.8 Å². The number of aryl methyl sites for hydroxylation is 3. The van der Waals surface area contributed by atoms with Gasteiger partial charge in [0.15, 0.2) is 5.16 Å². The second kappa shape index (κ2) is 6.88. The lowest BCUT2D eigenvalue weighted by Crippen LogP contribution is -2.14. The molecule has 7 nitrogen and oxygen atoms in total. The van der Waals surface area contributed by atoms with Gasteiger partial charge in [-0.2, -0.15) is 0 Å². The molecule has 8 heteroatoms. The molecule has 0 aliphatic rings. The third kappa shape index (κ3) is 3.48. The van der Waals surface area contributed by atoms with Crippen molar-refractivity contribution in [2.45, 2.75) is 25.9 Å². The molecule has 1 amide bonds. The van der Waals surface area contributed by atoms with Crippen LogP contribution in [0.5, 0.6) is 0 Å². The van der Waals surface area contributed by atoms with E-state index in [9.17, 15) is 4.79 Å². The monoisotopic (exact) mass is 343 g/mol. The molecule has 0 fully saturated rings. The predicted octanol–water partition coefficient (Wildman–Crippen LogP) is 2.91. The zero-order chi connectivity index (χ0) is 17.1. The highest BCUT2D eigenvalue weighted by atomic mass is 32.2. The first-order valence-corrected chi connectivity index (χ1v) is 8.37. The number of anilines is 1. The van der Waals surface area contributed by atoms with E-state index >= 15 is 0 Å². The first-order valence-electron chi connectivity index (χ1n) is 7.38. The van der Waals surface area contributed by atoms with Gasteiger partial charge in [0.05, 0.1) is 17.1 Å². The van der Waals surface area contributed by atoms with Crippen LogP contribution in [0, 0.1) is 20.8 Å². The van der Waals surface area contributed by atoms with Crippen molar-refractivity contribution in [2.75, 3.05) is 11.1 Å². The van der Waals surface area contributed by atoms with Crippen LogP contribution in [0.15, 0.2) is 40.0 Å². The Hall–Kier alpha value is -2.61. The third-order valence-corrected chi connectivity index (χ3v) is 4.30. The molecular formula is C16H17N5O2S. The largest absolute Gasteiger partial charge is 0.338 e. The fourth-order valence-corrected chi connectivity index (χ4v) is 3.04. The summed E-state index contributed by atoms with van der Waals surface area (Å²) < 4.78 is 6.93. The molecule has 24 heavy (non-hydrogen) atoms. The number of para-hydroxylation sites is 1. The minimum atomic E-state index is -0.187. The highest BCUT2D eigenvalue weighted by Gasteiger charge is 2.15. The summed E-state index contributed by atoms with van der Waals surface area (Å²) in [6.45, 7) is 5.71. The van der Waals surface area contributed by atoms with Crippen LogP contribution < -0.4 is 5.32 Å². The van der Waals surface area contributed by atoms with Crippen molar-refractivity contribution in [3.63, 3.8) is 0 Å². The van der Waals surface area contributed by atoms with Gasteiger partial charge in [0.25, 0.3) is 0 Å². The number of hydrogen-bond acceptors (Lipinski definition) is 6. The number of nitrogens with one attached hydrogen (secondary N) is 1. The fraction of sp³-hybridized carbons (Fsp3) is 0.250. The lowest BCUT2D eigenvalue weighted by atomic mass is 10.2. The van der Waals surface area contributed by atoms with Crippen molar-refractivity contribution in [2.24, 2.45) is 0 Å². The standard InChI is InChI=1S/C16H17N5O2S/c1-10-6-4-5-7-13(10)21-12(3)18-19-16(21)24-9-14(22)17-15-8-11(2)20-23-15/h4-8H,9H2,1-3H3,(H,17,22). The summed E-state index contributed by atoms with van der Waals surface area (Å²) in [5.74, 6) is 1.13. The van der Waals surface area contributed by atoms with E-state index in [1.165, 1.54) is 11.8 Å². The van der Waals surface area contributed by atoms with Gasteiger partial charge in [-0.3, -0.25) is 14.7 Å². The van der Waals surface area contributed by atoms with Crippen molar-refractivity contribution in [1.82, 2.24) is 19.9 Å². The average molecular weight is 343 g/mol. The Labute approximate surface area is 143 Å². The van der Waals surface area contributed by atoms with Gasteiger partial charge in [0.1, 0.15) is 5.82 Å². The van der Waals surface area contributed by atoms with Crippen LogP contribution in [0.3, 0.4) is 0 Å². The second-order valence-electron chi connectivity index (χ2n) is 5.32. The SMILES string of the molecule is Cc1cc(NC(=O)CSc2nnc(C)n2-c2ccccc2C)on1. The predicted molar refractivity (Wildman–Crippen MR) is 91.4 cm³/mol.